The van der Waals surface area contributed by atoms with E-state index in [0.29, 0.717) is 15.8 Å². The van der Waals surface area contributed by atoms with E-state index < -0.39 is 5.97 Å². The molecule has 0 aliphatic carbocycles. The topological polar surface area (TPSA) is 26.3 Å². The molecule has 0 saturated heterocycles. The third-order valence-corrected chi connectivity index (χ3v) is 2.19. The van der Waals surface area contributed by atoms with Gasteiger partial charge in [-0.3, -0.25) is 4.79 Å². The number of benzene rings is 1. The Hall–Kier alpha value is -0.440. The number of carbonyl (C=O) groups excluding carboxylic acids is 1. The van der Waals surface area contributed by atoms with Crippen molar-refractivity contribution in [1.82, 2.24) is 0 Å². The molecule has 1 aromatic carbocycles. The van der Waals surface area contributed by atoms with Crippen molar-refractivity contribution in [2.24, 2.45) is 0 Å². The van der Waals surface area contributed by atoms with Crippen LogP contribution in [0.15, 0.2) is 18.2 Å². The summed E-state index contributed by atoms with van der Waals surface area (Å²) < 4.78 is 4.79. The lowest BCUT2D eigenvalue weighted by Gasteiger charge is -2.02. The molecule has 0 spiro atoms. The molecule has 0 aliphatic rings. The first kappa shape index (κ1) is 10.6. The number of rotatable bonds is 2. The number of halogens is 3. The maximum absolute atomic E-state index is 10.7. The summed E-state index contributed by atoms with van der Waals surface area (Å²) in [6, 6.07) is 4.54. The third-order valence-electron chi connectivity index (χ3n) is 1.23. The molecule has 0 fully saturated rings. The first-order chi connectivity index (χ1) is 6.13. The molecule has 0 bridgehead atoms. The first-order valence-corrected chi connectivity index (χ1v) is 4.64. The molecule has 13 heavy (non-hydrogen) atoms. The summed E-state index contributed by atoms with van der Waals surface area (Å²) in [5.41, 5.74) is 0. The standard InChI is InChI=1S/C8H5Cl3O2/c9-4-8(12)13-5-1-2-6(10)7(11)3-5/h1-3H,4H2. The van der Waals surface area contributed by atoms with Crippen LogP contribution in [-0.4, -0.2) is 11.8 Å². The van der Waals surface area contributed by atoms with Crippen molar-refractivity contribution in [3.8, 4) is 5.75 Å². The fourth-order valence-corrected chi connectivity index (χ4v) is 1.04. The van der Waals surface area contributed by atoms with E-state index in [9.17, 15) is 4.79 Å². The van der Waals surface area contributed by atoms with Gasteiger partial charge in [-0.05, 0) is 12.1 Å². The van der Waals surface area contributed by atoms with Gasteiger partial charge in [0.15, 0.2) is 0 Å². The molecule has 0 radical (unpaired) electrons. The highest BCUT2D eigenvalue weighted by atomic mass is 35.5. The van der Waals surface area contributed by atoms with Gasteiger partial charge in [0.2, 0.25) is 0 Å². The molecule has 70 valence electrons. The zero-order chi connectivity index (χ0) is 9.84. The molecule has 0 aliphatic heterocycles. The van der Waals surface area contributed by atoms with Gasteiger partial charge >= 0.3 is 5.97 Å². The van der Waals surface area contributed by atoms with Crippen molar-refractivity contribution >= 4 is 40.8 Å². The number of alkyl halides is 1. The predicted molar refractivity (Wildman–Crippen MR) is 52.8 cm³/mol. The van der Waals surface area contributed by atoms with Gasteiger partial charge in [-0.1, -0.05) is 23.2 Å². The molecule has 0 saturated carbocycles. The van der Waals surface area contributed by atoms with E-state index in [2.05, 4.69) is 0 Å². The van der Waals surface area contributed by atoms with E-state index in [4.69, 9.17) is 39.5 Å². The summed E-state index contributed by atoms with van der Waals surface area (Å²) in [5, 5.41) is 0.744. The Kier molecular flexibility index (Phi) is 3.85. The molecular weight excluding hydrogens is 234 g/mol. The van der Waals surface area contributed by atoms with Crippen molar-refractivity contribution in [3.63, 3.8) is 0 Å². The summed E-state index contributed by atoms with van der Waals surface area (Å²) in [7, 11) is 0. The fraction of sp³-hybridized carbons (Fsp3) is 0.125. The number of esters is 1. The fourth-order valence-electron chi connectivity index (χ4n) is 0.699. The second kappa shape index (κ2) is 4.70. The Morgan fingerprint density at radius 3 is 2.54 bits per heavy atom. The van der Waals surface area contributed by atoms with Crippen LogP contribution in [0.25, 0.3) is 0 Å². The van der Waals surface area contributed by atoms with Crippen molar-refractivity contribution in [2.75, 3.05) is 5.88 Å². The Balaban J connectivity index is 2.79. The molecule has 1 rings (SSSR count). The highest BCUT2D eigenvalue weighted by Gasteiger charge is 2.04. The molecular formula is C8H5Cl3O2. The summed E-state index contributed by atoms with van der Waals surface area (Å²) in [4.78, 5) is 10.7. The number of ether oxygens (including phenoxy) is 1. The van der Waals surface area contributed by atoms with E-state index in [1.807, 2.05) is 0 Å². The molecule has 2 nitrogen and oxygen atoms in total. The number of carbonyl (C=O) groups is 1. The van der Waals surface area contributed by atoms with Crippen LogP contribution in [0.4, 0.5) is 0 Å². The summed E-state index contributed by atoms with van der Waals surface area (Å²) in [5.74, 6) is -0.389. The zero-order valence-electron chi connectivity index (χ0n) is 6.39. The average molecular weight is 239 g/mol. The van der Waals surface area contributed by atoms with Crippen molar-refractivity contribution in [2.45, 2.75) is 0 Å². The lowest BCUT2D eigenvalue weighted by molar-refractivity contribution is -0.131. The highest BCUT2D eigenvalue weighted by molar-refractivity contribution is 6.42. The molecule has 0 N–H and O–H groups in total. The van der Waals surface area contributed by atoms with Crippen LogP contribution < -0.4 is 4.74 Å². The highest BCUT2D eigenvalue weighted by Crippen LogP contribution is 2.26. The Morgan fingerprint density at radius 1 is 1.31 bits per heavy atom. The quantitative estimate of drug-likeness (QED) is 0.450. The van der Waals surface area contributed by atoms with Crippen LogP contribution in [0.2, 0.25) is 10.0 Å². The number of hydrogen-bond acceptors (Lipinski definition) is 2. The predicted octanol–water partition coefficient (Wildman–Crippen LogP) is 3.14. The van der Waals surface area contributed by atoms with Gasteiger partial charge in [0.1, 0.15) is 11.6 Å². The van der Waals surface area contributed by atoms with Crippen LogP contribution in [-0.2, 0) is 4.79 Å². The van der Waals surface area contributed by atoms with Gasteiger partial charge in [0.25, 0.3) is 0 Å². The smallest absolute Gasteiger partial charge is 0.326 e. The Bertz CT molecular complexity index is 325. The van der Waals surface area contributed by atoms with Gasteiger partial charge in [0, 0.05) is 6.07 Å². The minimum atomic E-state index is -0.528. The van der Waals surface area contributed by atoms with E-state index in [1.54, 1.807) is 12.1 Å². The monoisotopic (exact) mass is 238 g/mol. The van der Waals surface area contributed by atoms with Gasteiger partial charge in [-0.15, -0.1) is 11.6 Å². The zero-order valence-corrected chi connectivity index (χ0v) is 8.66. The molecule has 5 heteroatoms. The number of hydrogen-bond donors (Lipinski definition) is 0. The first-order valence-electron chi connectivity index (χ1n) is 3.35. The van der Waals surface area contributed by atoms with E-state index in [0.717, 1.165) is 0 Å². The van der Waals surface area contributed by atoms with Gasteiger partial charge in [0.05, 0.1) is 10.0 Å². The van der Waals surface area contributed by atoms with Crippen LogP contribution in [0.5, 0.6) is 5.75 Å². The largest absolute Gasteiger partial charge is 0.426 e. The summed E-state index contributed by atoms with van der Waals surface area (Å²) >= 11 is 16.6. The SMILES string of the molecule is O=C(CCl)Oc1ccc(Cl)c(Cl)c1. The Labute approximate surface area is 90.3 Å². The van der Waals surface area contributed by atoms with E-state index in [1.165, 1.54) is 6.07 Å². The minimum Gasteiger partial charge on any atom is -0.426 e. The van der Waals surface area contributed by atoms with Gasteiger partial charge in [-0.25, -0.2) is 0 Å². The third kappa shape index (κ3) is 3.07. The molecule has 0 atom stereocenters. The molecule has 0 unspecified atom stereocenters. The molecule has 0 heterocycles. The van der Waals surface area contributed by atoms with Crippen molar-refractivity contribution < 1.29 is 9.53 Å². The van der Waals surface area contributed by atoms with Crippen LogP contribution >= 0.6 is 34.8 Å². The maximum Gasteiger partial charge on any atom is 0.326 e. The van der Waals surface area contributed by atoms with Crippen molar-refractivity contribution in [1.29, 1.82) is 0 Å². The lowest BCUT2D eigenvalue weighted by Crippen LogP contribution is -2.08. The molecule has 1 aromatic rings. The van der Waals surface area contributed by atoms with Gasteiger partial charge < -0.3 is 4.74 Å². The van der Waals surface area contributed by atoms with E-state index in [-0.39, 0.29) is 5.88 Å². The second-order valence-corrected chi connectivity index (χ2v) is 3.27. The minimum absolute atomic E-state index is 0.194. The maximum atomic E-state index is 10.7. The van der Waals surface area contributed by atoms with Crippen LogP contribution in [0.3, 0.4) is 0 Å². The van der Waals surface area contributed by atoms with Crippen molar-refractivity contribution in [3.05, 3.63) is 28.2 Å². The molecule has 0 aromatic heterocycles. The summed E-state index contributed by atoms with van der Waals surface area (Å²) in [6.45, 7) is 0. The summed E-state index contributed by atoms with van der Waals surface area (Å²) in [6.07, 6.45) is 0. The average Bonchev–Trinajstić information content (AvgIpc) is 2.11. The Morgan fingerprint density at radius 2 is 2.00 bits per heavy atom. The molecule has 0 amide bonds. The normalized spacial score (nSPS) is 9.77. The van der Waals surface area contributed by atoms with Crippen LogP contribution in [0.1, 0.15) is 0 Å². The second-order valence-electron chi connectivity index (χ2n) is 2.18. The van der Waals surface area contributed by atoms with Gasteiger partial charge in [-0.2, -0.15) is 0 Å². The van der Waals surface area contributed by atoms with E-state index >= 15 is 0 Å². The van der Waals surface area contributed by atoms with Crippen LogP contribution in [0, 0.1) is 0 Å². The lowest BCUT2D eigenvalue weighted by atomic mass is 10.3.